The predicted octanol–water partition coefficient (Wildman–Crippen LogP) is 2.98. The van der Waals surface area contributed by atoms with E-state index in [2.05, 4.69) is 23.5 Å². The molecule has 2 aromatic rings. The number of nitrogens with two attached hydrogens (primary N) is 2. The molecule has 1 aromatic heterocycles. The molecule has 0 fully saturated rings. The van der Waals surface area contributed by atoms with E-state index >= 15 is 0 Å². The quantitative estimate of drug-likeness (QED) is 0.499. The van der Waals surface area contributed by atoms with E-state index in [4.69, 9.17) is 16.9 Å². The smallest absolute Gasteiger partial charge is 0.147 e. The minimum Gasteiger partial charge on any atom is -0.384 e. The Morgan fingerprint density at radius 3 is 2.38 bits per heavy atom. The van der Waals surface area contributed by atoms with Crippen LogP contribution in [0.5, 0.6) is 0 Å². The lowest BCUT2D eigenvalue weighted by molar-refractivity contribution is 1.31. The average molecular weight is 279 g/mol. The van der Waals surface area contributed by atoms with Gasteiger partial charge in [-0.3, -0.25) is 5.41 Å². The van der Waals surface area contributed by atoms with Crippen LogP contribution in [-0.4, -0.2) is 10.8 Å². The number of benzene rings is 1. The van der Waals surface area contributed by atoms with Crippen LogP contribution >= 0.6 is 0 Å². The first kappa shape index (κ1) is 14.3. The average Bonchev–Trinajstić information content (AvgIpc) is 2.49. The lowest BCUT2D eigenvalue weighted by Gasteiger charge is -2.14. The molecular weight excluding hydrogens is 262 g/mol. The number of hydrogen-bond acceptors (Lipinski definition) is 4. The van der Waals surface area contributed by atoms with E-state index in [9.17, 15) is 0 Å². The summed E-state index contributed by atoms with van der Waals surface area (Å²) in [6.45, 7) is 7.56. The summed E-state index contributed by atoms with van der Waals surface area (Å²) < 4.78 is 0. The Hall–Kier alpha value is -3.08. The van der Waals surface area contributed by atoms with Crippen molar-refractivity contribution < 1.29 is 0 Å². The fourth-order valence-electron chi connectivity index (χ4n) is 1.95. The molecule has 21 heavy (non-hydrogen) atoms. The number of amidine groups is 1. The topological polar surface area (TPSA) is 101 Å². The van der Waals surface area contributed by atoms with Crippen molar-refractivity contribution in [1.82, 2.24) is 4.98 Å². The van der Waals surface area contributed by atoms with Crippen LogP contribution in [0.25, 0.3) is 12.2 Å². The molecule has 0 saturated carbocycles. The fourth-order valence-corrected chi connectivity index (χ4v) is 1.95. The summed E-state index contributed by atoms with van der Waals surface area (Å²) in [4.78, 5) is 4.14. The second kappa shape index (κ2) is 5.92. The van der Waals surface area contributed by atoms with E-state index in [1.165, 1.54) is 0 Å². The second-order valence-electron chi connectivity index (χ2n) is 4.41. The van der Waals surface area contributed by atoms with Gasteiger partial charge in [-0.2, -0.15) is 0 Å². The third-order valence-corrected chi connectivity index (χ3v) is 3.07. The SMILES string of the molecule is C=Cc1cnc(N)c(Nc2ccc(C(=N)N)cc2)c1C=C. The van der Waals surface area contributed by atoms with Crippen molar-refractivity contribution in [3.63, 3.8) is 0 Å². The third kappa shape index (κ3) is 2.92. The number of nitrogen functional groups attached to an aromatic ring is 2. The van der Waals surface area contributed by atoms with Gasteiger partial charge in [0.2, 0.25) is 0 Å². The molecule has 0 aliphatic carbocycles. The molecule has 0 amide bonds. The van der Waals surface area contributed by atoms with Crippen molar-refractivity contribution >= 4 is 35.2 Å². The zero-order valence-electron chi connectivity index (χ0n) is 11.6. The summed E-state index contributed by atoms with van der Waals surface area (Å²) in [5.41, 5.74) is 15.2. The van der Waals surface area contributed by atoms with Crippen molar-refractivity contribution in [2.24, 2.45) is 5.73 Å². The maximum Gasteiger partial charge on any atom is 0.147 e. The van der Waals surface area contributed by atoms with Crippen molar-refractivity contribution in [1.29, 1.82) is 5.41 Å². The molecule has 5 nitrogen and oxygen atoms in total. The summed E-state index contributed by atoms with van der Waals surface area (Å²) in [5, 5.41) is 10.6. The zero-order valence-corrected chi connectivity index (χ0v) is 11.6. The minimum absolute atomic E-state index is 0.0307. The van der Waals surface area contributed by atoms with E-state index in [1.54, 1.807) is 30.5 Å². The number of nitrogens with zero attached hydrogens (tertiary/aromatic N) is 1. The molecule has 0 bridgehead atoms. The second-order valence-corrected chi connectivity index (χ2v) is 4.41. The van der Waals surface area contributed by atoms with Crippen LogP contribution in [0.4, 0.5) is 17.2 Å². The van der Waals surface area contributed by atoms with Gasteiger partial charge < -0.3 is 16.8 Å². The molecule has 0 atom stereocenters. The molecule has 106 valence electrons. The van der Waals surface area contributed by atoms with Gasteiger partial charge in [-0.1, -0.05) is 25.3 Å². The summed E-state index contributed by atoms with van der Waals surface area (Å²) in [6.07, 6.45) is 5.07. The molecular formula is C16H17N5. The van der Waals surface area contributed by atoms with Crippen molar-refractivity contribution in [3.05, 3.63) is 60.3 Å². The van der Waals surface area contributed by atoms with Crippen molar-refractivity contribution in [3.8, 4) is 0 Å². The molecule has 0 spiro atoms. The Balaban J connectivity index is 2.41. The van der Waals surface area contributed by atoms with Gasteiger partial charge in [-0.05, 0) is 24.3 Å². The maximum atomic E-state index is 7.38. The standard InChI is InChI=1S/C16H17N5/c1-3-10-9-20-16(19)14(13(10)4-2)21-12-7-5-11(6-8-12)15(17)18/h3-9,21H,1-2H2,(H3,17,18)(H2,19,20). The lowest BCUT2D eigenvalue weighted by atomic mass is 10.1. The Bertz CT molecular complexity index is 701. The maximum absolute atomic E-state index is 7.38. The highest BCUT2D eigenvalue weighted by Gasteiger charge is 2.09. The summed E-state index contributed by atoms with van der Waals surface area (Å²) >= 11 is 0. The molecule has 1 heterocycles. The summed E-state index contributed by atoms with van der Waals surface area (Å²) in [6, 6.07) is 7.17. The van der Waals surface area contributed by atoms with E-state index in [-0.39, 0.29) is 5.84 Å². The molecule has 1 aromatic carbocycles. The van der Waals surface area contributed by atoms with Gasteiger partial charge in [0.1, 0.15) is 11.7 Å². The number of pyridine rings is 1. The van der Waals surface area contributed by atoms with Gasteiger partial charge in [-0.15, -0.1) is 0 Å². The Morgan fingerprint density at radius 1 is 1.19 bits per heavy atom. The van der Waals surface area contributed by atoms with Crippen molar-refractivity contribution in [2.75, 3.05) is 11.1 Å². The Morgan fingerprint density at radius 2 is 1.86 bits per heavy atom. The first-order chi connectivity index (χ1) is 10.1. The van der Waals surface area contributed by atoms with E-state index in [0.717, 1.165) is 16.8 Å². The minimum atomic E-state index is 0.0307. The zero-order chi connectivity index (χ0) is 15.4. The van der Waals surface area contributed by atoms with E-state index in [1.807, 2.05) is 12.1 Å². The monoisotopic (exact) mass is 279 g/mol. The summed E-state index contributed by atoms with van der Waals surface area (Å²) in [5.74, 6) is 0.411. The fraction of sp³-hybridized carbons (Fsp3) is 0. The van der Waals surface area contributed by atoms with Crippen LogP contribution in [0, 0.1) is 5.41 Å². The highest BCUT2D eigenvalue weighted by atomic mass is 15.0. The molecule has 0 radical (unpaired) electrons. The van der Waals surface area contributed by atoms with Crippen LogP contribution in [-0.2, 0) is 0 Å². The largest absolute Gasteiger partial charge is 0.384 e. The number of nitrogens with one attached hydrogen (secondary N) is 2. The molecule has 0 aliphatic rings. The van der Waals surface area contributed by atoms with Gasteiger partial charge in [0.25, 0.3) is 0 Å². The van der Waals surface area contributed by atoms with Gasteiger partial charge in [0.05, 0.1) is 5.69 Å². The highest BCUT2D eigenvalue weighted by molar-refractivity contribution is 5.95. The van der Waals surface area contributed by atoms with Crippen LogP contribution < -0.4 is 16.8 Å². The first-order valence-electron chi connectivity index (χ1n) is 6.31. The molecule has 0 unspecified atom stereocenters. The molecule has 0 aliphatic heterocycles. The van der Waals surface area contributed by atoms with E-state index in [0.29, 0.717) is 17.1 Å². The third-order valence-electron chi connectivity index (χ3n) is 3.07. The number of aromatic nitrogens is 1. The van der Waals surface area contributed by atoms with Gasteiger partial charge in [-0.25, -0.2) is 4.98 Å². The van der Waals surface area contributed by atoms with Crippen molar-refractivity contribution in [2.45, 2.75) is 0 Å². The Labute approximate surface area is 123 Å². The number of rotatable bonds is 5. The molecule has 5 heteroatoms. The van der Waals surface area contributed by atoms with E-state index < -0.39 is 0 Å². The molecule has 0 saturated heterocycles. The predicted molar refractivity (Wildman–Crippen MR) is 89.6 cm³/mol. The summed E-state index contributed by atoms with van der Waals surface area (Å²) in [7, 11) is 0. The lowest BCUT2D eigenvalue weighted by Crippen LogP contribution is -2.10. The van der Waals surface area contributed by atoms with Crippen LogP contribution in [0.1, 0.15) is 16.7 Å². The van der Waals surface area contributed by atoms with Crippen LogP contribution in [0.15, 0.2) is 43.6 Å². The highest BCUT2D eigenvalue weighted by Crippen LogP contribution is 2.29. The first-order valence-corrected chi connectivity index (χ1v) is 6.31. The van der Waals surface area contributed by atoms with Crippen LogP contribution in [0.3, 0.4) is 0 Å². The molecule has 6 N–H and O–H groups in total. The van der Waals surface area contributed by atoms with Gasteiger partial charge in [0.15, 0.2) is 0 Å². The normalized spacial score (nSPS) is 9.90. The number of anilines is 3. The Kier molecular flexibility index (Phi) is 4.04. The van der Waals surface area contributed by atoms with Gasteiger partial charge in [0, 0.05) is 28.6 Å². The van der Waals surface area contributed by atoms with Crippen LogP contribution in [0.2, 0.25) is 0 Å². The van der Waals surface area contributed by atoms with Gasteiger partial charge >= 0.3 is 0 Å². The molecule has 2 rings (SSSR count). The number of hydrogen-bond donors (Lipinski definition) is 4.